The molecule has 1 aliphatic carbocycles. The summed E-state index contributed by atoms with van der Waals surface area (Å²) in [4.78, 5) is 14.5. The van der Waals surface area contributed by atoms with Crippen LogP contribution in [0.25, 0.3) is 0 Å². The van der Waals surface area contributed by atoms with Gasteiger partial charge in [0, 0.05) is 37.6 Å². The molecule has 2 aliphatic rings. The molecule has 2 aromatic carbocycles. The Labute approximate surface area is 172 Å². The van der Waals surface area contributed by atoms with E-state index in [1.807, 2.05) is 12.1 Å². The highest BCUT2D eigenvalue weighted by molar-refractivity contribution is 5.80. The molecule has 0 radical (unpaired) electrons. The molecule has 1 amide bonds. The van der Waals surface area contributed by atoms with Crippen molar-refractivity contribution in [1.29, 1.82) is 0 Å². The molecular formula is C24H30FN3O. The Balaban J connectivity index is 1.37. The third kappa shape index (κ3) is 5.22. The zero-order chi connectivity index (χ0) is 20.2. The number of hydrogen-bond donors (Lipinski definition) is 2. The third-order valence-corrected chi connectivity index (χ3v) is 6.15. The Morgan fingerprint density at radius 3 is 2.62 bits per heavy atom. The number of nitrogens with zero attached hydrogens (tertiary/aromatic N) is 1. The highest BCUT2D eigenvalue weighted by Gasteiger charge is 2.31. The fraction of sp³-hybridized carbons (Fsp3) is 0.458. The monoisotopic (exact) mass is 395 g/mol. The lowest BCUT2D eigenvalue weighted by Gasteiger charge is -2.37. The van der Waals surface area contributed by atoms with Crippen molar-refractivity contribution in [2.75, 3.05) is 13.1 Å². The molecule has 4 rings (SSSR count). The predicted octanol–water partition coefficient (Wildman–Crippen LogP) is 3.04. The Morgan fingerprint density at radius 1 is 1.14 bits per heavy atom. The predicted molar refractivity (Wildman–Crippen MR) is 113 cm³/mol. The summed E-state index contributed by atoms with van der Waals surface area (Å²) in [6.07, 6.45) is 4.31. The van der Waals surface area contributed by atoms with Gasteiger partial charge in [0.25, 0.3) is 0 Å². The maximum absolute atomic E-state index is 13.9. The van der Waals surface area contributed by atoms with Crippen molar-refractivity contribution in [1.82, 2.24) is 10.2 Å². The van der Waals surface area contributed by atoms with Gasteiger partial charge >= 0.3 is 0 Å². The maximum Gasteiger partial charge on any atom is 0.223 e. The van der Waals surface area contributed by atoms with E-state index in [-0.39, 0.29) is 29.7 Å². The first-order valence-electron chi connectivity index (χ1n) is 10.7. The third-order valence-electron chi connectivity index (χ3n) is 6.15. The van der Waals surface area contributed by atoms with E-state index >= 15 is 0 Å². The van der Waals surface area contributed by atoms with E-state index in [9.17, 15) is 9.18 Å². The number of benzene rings is 2. The van der Waals surface area contributed by atoms with Gasteiger partial charge in [-0.1, -0.05) is 42.5 Å². The van der Waals surface area contributed by atoms with Gasteiger partial charge in [-0.15, -0.1) is 0 Å². The fourth-order valence-corrected chi connectivity index (χ4v) is 4.19. The Kier molecular flexibility index (Phi) is 6.26. The van der Waals surface area contributed by atoms with Crippen LogP contribution in [0, 0.1) is 11.7 Å². The molecule has 1 heterocycles. The second-order valence-electron chi connectivity index (χ2n) is 8.46. The first kappa shape index (κ1) is 20.0. The number of carbonyl (C=O) groups is 1. The van der Waals surface area contributed by atoms with Crippen LogP contribution in [0.4, 0.5) is 4.39 Å². The largest absolute Gasteiger partial charge is 0.354 e. The molecule has 4 nitrogen and oxygen atoms in total. The maximum atomic E-state index is 13.9. The minimum absolute atomic E-state index is 0.0919. The quantitative estimate of drug-likeness (QED) is 0.722. The molecule has 5 heteroatoms. The standard InChI is InChI=1S/C24H30FN3O/c25-23-8-4-3-6-19(23)13-21(26)11-12-28-16-20-7-2-1-5-18(20)14-22(28)15-27-24(29)17-9-10-17/h1-8,17,21-22H,9-16,26H2,(H,27,29)/t21?,22-/m0/s1. The van der Waals surface area contributed by atoms with Crippen LogP contribution >= 0.6 is 0 Å². The van der Waals surface area contributed by atoms with Crippen LogP contribution < -0.4 is 11.1 Å². The number of nitrogens with two attached hydrogens (primary N) is 1. The number of amides is 1. The molecule has 0 aromatic heterocycles. The van der Waals surface area contributed by atoms with E-state index in [0.29, 0.717) is 18.5 Å². The first-order valence-corrected chi connectivity index (χ1v) is 10.7. The molecule has 2 aromatic rings. The van der Waals surface area contributed by atoms with Crippen LogP contribution in [0.2, 0.25) is 0 Å². The highest BCUT2D eigenvalue weighted by Crippen LogP contribution is 2.29. The molecule has 154 valence electrons. The van der Waals surface area contributed by atoms with Gasteiger partial charge in [0.15, 0.2) is 0 Å². The van der Waals surface area contributed by atoms with Crippen molar-refractivity contribution in [3.05, 3.63) is 71.0 Å². The van der Waals surface area contributed by atoms with Crippen molar-refractivity contribution in [2.24, 2.45) is 11.7 Å². The summed E-state index contributed by atoms with van der Waals surface area (Å²) in [6, 6.07) is 15.6. The van der Waals surface area contributed by atoms with Crippen molar-refractivity contribution < 1.29 is 9.18 Å². The van der Waals surface area contributed by atoms with E-state index in [1.54, 1.807) is 6.07 Å². The second-order valence-corrected chi connectivity index (χ2v) is 8.46. The number of nitrogens with one attached hydrogen (secondary N) is 1. The lowest BCUT2D eigenvalue weighted by atomic mass is 9.93. The van der Waals surface area contributed by atoms with E-state index in [4.69, 9.17) is 5.73 Å². The fourth-order valence-electron chi connectivity index (χ4n) is 4.19. The van der Waals surface area contributed by atoms with Gasteiger partial charge in [-0.25, -0.2) is 4.39 Å². The summed E-state index contributed by atoms with van der Waals surface area (Å²) >= 11 is 0. The van der Waals surface area contributed by atoms with Crippen LogP contribution in [0.15, 0.2) is 48.5 Å². The first-order chi connectivity index (χ1) is 14.1. The number of halogens is 1. The average molecular weight is 396 g/mol. The smallest absolute Gasteiger partial charge is 0.223 e. The molecule has 29 heavy (non-hydrogen) atoms. The average Bonchev–Trinajstić information content (AvgIpc) is 3.57. The molecule has 1 aliphatic heterocycles. The molecule has 1 unspecified atom stereocenters. The number of fused-ring (bicyclic) bond motifs is 1. The number of hydrogen-bond acceptors (Lipinski definition) is 3. The van der Waals surface area contributed by atoms with E-state index in [1.165, 1.54) is 17.2 Å². The van der Waals surface area contributed by atoms with Crippen molar-refractivity contribution in [3.63, 3.8) is 0 Å². The van der Waals surface area contributed by atoms with Gasteiger partial charge in [-0.05, 0) is 54.9 Å². The van der Waals surface area contributed by atoms with Crippen LogP contribution in [0.5, 0.6) is 0 Å². The normalized spacial score (nSPS) is 20.1. The zero-order valence-electron chi connectivity index (χ0n) is 16.8. The second kappa shape index (κ2) is 9.06. The van der Waals surface area contributed by atoms with Crippen molar-refractivity contribution >= 4 is 5.91 Å². The topological polar surface area (TPSA) is 58.4 Å². The van der Waals surface area contributed by atoms with Gasteiger partial charge in [0.1, 0.15) is 5.82 Å². The van der Waals surface area contributed by atoms with Crippen LogP contribution in [-0.2, 0) is 24.2 Å². The minimum Gasteiger partial charge on any atom is -0.354 e. The highest BCUT2D eigenvalue weighted by atomic mass is 19.1. The molecule has 0 spiro atoms. The minimum atomic E-state index is -0.185. The molecule has 1 saturated carbocycles. The molecule has 2 atom stereocenters. The summed E-state index contributed by atoms with van der Waals surface area (Å²) in [5.41, 5.74) is 9.73. The number of rotatable bonds is 8. The van der Waals surface area contributed by atoms with Crippen LogP contribution in [0.3, 0.4) is 0 Å². The lowest BCUT2D eigenvalue weighted by Crippen LogP contribution is -2.48. The summed E-state index contributed by atoms with van der Waals surface area (Å²) in [6.45, 7) is 2.38. The number of carbonyl (C=O) groups excluding carboxylic acids is 1. The van der Waals surface area contributed by atoms with Crippen molar-refractivity contribution in [3.8, 4) is 0 Å². The van der Waals surface area contributed by atoms with Gasteiger partial charge in [-0.3, -0.25) is 9.69 Å². The Hall–Kier alpha value is -2.24. The summed E-state index contributed by atoms with van der Waals surface area (Å²) in [5, 5.41) is 3.15. The summed E-state index contributed by atoms with van der Waals surface area (Å²) < 4.78 is 13.9. The van der Waals surface area contributed by atoms with Crippen LogP contribution in [0.1, 0.15) is 36.0 Å². The van der Waals surface area contributed by atoms with E-state index in [2.05, 4.69) is 34.5 Å². The van der Waals surface area contributed by atoms with Crippen molar-refractivity contribution in [2.45, 2.75) is 50.7 Å². The molecule has 0 bridgehead atoms. The van der Waals surface area contributed by atoms with E-state index < -0.39 is 0 Å². The Bertz CT molecular complexity index is 852. The van der Waals surface area contributed by atoms with Gasteiger partial charge in [0.2, 0.25) is 5.91 Å². The molecule has 3 N–H and O–H groups in total. The molecular weight excluding hydrogens is 365 g/mol. The molecule has 0 saturated heterocycles. The van der Waals surface area contributed by atoms with Gasteiger partial charge < -0.3 is 11.1 Å². The summed E-state index contributed by atoms with van der Waals surface area (Å²) in [5.74, 6) is 0.240. The van der Waals surface area contributed by atoms with E-state index in [0.717, 1.165) is 38.8 Å². The SMILES string of the molecule is NC(CCN1Cc2ccccc2C[C@H]1CNC(=O)C1CC1)Cc1ccccc1F. The Morgan fingerprint density at radius 2 is 1.86 bits per heavy atom. The lowest BCUT2D eigenvalue weighted by molar-refractivity contribution is -0.122. The summed E-state index contributed by atoms with van der Waals surface area (Å²) in [7, 11) is 0. The van der Waals surface area contributed by atoms with Gasteiger partial charge in [0.05, 0.1) is 0 Å². The molecule has 1 fully saturated rings. The van der Waals surface area contributed by atoms with Gasteiger partial charge in [-0.2, -0.15) is 0 Å². The zero-order valence-corrected chi connectivity index (χ0v) is 16.8. The van der Waals surface area contributed by atoms with Crippen LogP contribution in [-0.4, -0.2) is 36.0 Å².